The number of rotatable bonds is 9. The summed E-state index contributed by atoms with van der Waals surface area (Å²) in [7, 11) is -1.34. The van der Waals surface area contributed by atoms with Crippen LogP contribution in [0.4, 0.5) is 0 Å². The minimum atomic E-state index is -2.93. The zero-order valence-electron chi connectivity index (χ0n) is 12.3. The van der Waals surface area contributed by atoms with E-state index in [0.717, 1.165) is 18.7 Å². The van der Waals surface area contributed by atoms with Crippen LogP contribution >= 0.6 is 0 Å². The van der Waals surface area contributed by atoms with Gasteiger partial charge in [0.25, 0.3) is 0 Å². The van der Waals surface area contributed by atoms with E-state index >= 15 is 0 Å². The van der Waals surface area contributed by atoms with Gasteiger partial charge in [-0.15, -0.1) is 0 Å². The van der Waals surface area contributed by atoms with E-state index in [9.17, 15) is 8.42 Å². The smallest absolute Gasteiger partial charge is 0.161 e. The molecule has 1 aromatic carbocycles. The number of ether oxygens (including phenoxy) is 2. The van der Waals surface area contributed by atoms with Crippen LogP contribution in [0.1, 0.15) is 18.9 Å². The Morgan fingerprint density at radius 3 is 2.60 bits per heavy atom. The molecular weight excluding hydrogens is 278 g/mol. The Hall–Kier alpha value is -1.27. The molecule has 0 amide bonds. The maximum Gasteiger partial charge on any atom is 0.161 e. The third-order valence-electron chi connectivity index (χ3n) is 2.72. The fraction of sp³-hybridized carbons (Fsp3) is 0.571. The first-order valence-corrected chi connectivity index (χ1v) is 8.70. The van der Waals surface area contributed by atoms with Crippen LogP contribution in [0.15, 0.2) is 18.2 Å². The summed E-state index contributed by atoms with van der Waals surface area (Å²) in [5.41, 5.74) is 1.12. The summed E-state index contributed by atoms with van der Waals surface area (Å²) in [6.45, 7) is 4.10. The molecule has 0 fully saturated rings. The summed E-state index contributed by atoms with van der Waals surface area (Å²) in [6.07, 6.45) is 1.70. The van der Waals surface area contributed by atoms with Crippen LogP contribution in [0, 0.1) is 0 Å². The molecule has 0 unspecified atom stereocenters. The number of hydrogen-bond donors (Lipinski definition) is 1. The lowest BCUT2D eigenvalue weighted by atomic mass is 10.2. The fourth-order valence-corrected chi connectivity index (χ4v) is 2.36. The molecule has 0 aliphatic heterocycles. The largest absolute Gasteiger partial charge is 0.493 e. The van der Waals surface area contributed by atoms with Crippen LogP contribution in [0.25, 0.3) is 0 Å². The lowest BCUT2D eigenvalue weighted by Crippen LogP contribution is -2.12. The van der Waals surface area contributed by atoms with E-state index in [0.29, 0.717) is 24.5 Å². The van der Waals surface area contributed by atoms with Gasteiger partial charge in [0.15, 0.2) is 11.5 Å². The lowest BCUT2D eigenvalue weighted by Gasteiger charge is -2.12. The molecule has 0 bridgehead atoms. The molecule has 0 aliphatic carbocycles. The van der Waals surface area contributed by atoms with Crippen molar-refractivity contribution in [3.8, 4) is 11.5 Å². The Kier molecular flexibility index (Phi) is 6.81. The normalized spacial score (nSPS) is 11.3. The second-order valence-electron chi connectivity index (χ2n) is 4.60. The van der Waals surface area contributed by atoms with Crippen molar-refractivity contribution in [3.63, 3.8) is 0 Å². The van der Waals surface area contributed by atoms with Crippen LogP contribution in [0.5, 0.6) is 11.5 Å². The number of benzene rings is 1. The van der Waals surface area contributed by atoms with E-state index < -0.39 is 9.84 Å². The van der Waals surface area contributed by atoms with Gasteiger partial charge in [0.1, 0.15) is 9.84 Å². The predicted octanol–water partition coefficient (Wildman–Crippen LogP) is 1.62. The highest BCUT2D eigenvalue weighted by molar-refractivity contribution is 7.90. The van der Waals surface area contributed by atoms with Gasteiger partial charge in [-0.2, -0.15) is 0 Å². The molecule has 1 N–H and O–H groups in total. The molecule has 0 aromatic heterocycles. The molecular formula is C14H23NO4S. The van der Waals surface area contributed by atoms with Gasteiger partial charge in [0.05, 0.1) is 19.5 Å². The molecule has 0 heterocycles. The van der Waals surface area contributed by atoms with E-state index in [1.807, 2.05) is 18.2 Å². The van der Waals surface area contributed by atoms with Gasteiger partial charge in [-0.05, 0) is 30.7 Å². The highest BCUT2D eigenvalue weighted by Gasteiger charge is 2.07. The number of methoxy groups -OCH3 is 1. The minimum Gasteiger partial charge on any atom is -0.493 e. The topological polar surface area (TPSA) is 64.6 Å². The van der Waals surface area contributed by atoms with Crippen molar-refractivity contribution >= 4 is 9.84 Å². The Labute approximate surface area is 121 Å². The van der Waals surface area contributed by atoms with E-state index in [1.54, 1.807) is 7.11 Å². The Bertz CT molecular complexity index is 514. The molecule has 6 heteroatoms. The van der Waals surface area contributed by atoms with Crippen LogP contribution in [0.3, 0.4) is 0 Å². The maximum atomic E-state index is 11.0. The van der Waals surface area contributed by atoms with Crippen LogP contribution in [-0.4, -0.2) is 40.7 Å². The SMILES string of the molecule is CCNCc1ccc(OCCCS(C)(=O)=O)c(OC)c1. The molecule has 20 heavy (non-hydrogen) atoms. The van der Waals surface area contributed by atoms with Crippen molar-refractivity contribution in [1.29, 1.82) is 0 Å². The van der Waals surface area contributed by atoms with Crippen molar-refractivity contribution in [1.82, 2.24) is 5.32 Å². The number of nitrogens with one attached hydrogen (secondary N) is 1. The minimum absolute atomic E-state index is 0.133. The van der Waals surface area contributed by atoms with Crippen LogP contribution in [0.2, 0.25) is 0 Å². The number of hydrogen-bond acceptors (Lipinski definition) is 5. The third-order valence-corrected chi connectivity index (χ3v) is 3.75. The number of sulfone groups is 1. The summed E-state index contributed by atoms with van der Waals surface area (Å²) in [6, 6.07) is 5.75. The van der Waals surface area contributed by atoms with Crippen molar-refractivity contribution in [3.05, 3.63) is 23.8 Å². The first-order valence-electron chi connectivity index (χ1n) is 6.64. The van der Waals surface area contributed by atoms with Crippen LogP contribution < -0.4 is 14.8 Å². The average Bonchev–Trinajstić information content (AvgIpc) is 2.40. The fourth-order valence-electron chi connectivity index (χ4n) is 1.71. The second kappa shape index (κ2) is 8.11. The molecule has 0 aliphatic rings. The first-order chi connectivity index (χ1) is 9.46. The lowest BCUT2D eigenvalue weighted by molar-refractivity contribution is 0.294. The standard InChI is InChI=1S/C14H23NO4S/c1-4-15-11-12-6-7-13(14(10-12)18-2)19-8-5-9-20(3,16)17/h6-7,10,15H,4-5,8-9,11H2,1-3H3. The second-order valence-corrected chi connectivity index (χ2v) is 6.86. The van der Waals surface area contributed by atoms with Gasteiger partial charge in [-0.3, -0.25) is 0 Å². The summed E-state index contributed by atoms with van der Waals surface area (Å²) in [5.74, 6) is 1.44. The van der Waals surface area contributed by atoms with E-state index in [-0.39, 0.29) is 5.75 Å². The van der Waals surface area contributed by atoms with Crippen molar-refractivity contribution < 1.29 is 17.9 Å². The highest BCUT2D eigenvalue weighted by Crippen LogP contribution is 2.28. The maximum absolute atomic E-state index is 11.0. The molecule has 1 aromatic rings. The zero-order valence-corrected chi connectivity index (χ0v) is 13.1. The summed E-state index contributed by atoms with van der Waals surface area (Å²) in [4.78, 5) is 0. The molecule has 0 spiro atoms. The molecule has 1 rings (SSSR count). The van der Waals surface area contributed by atoms with Crippen LogP contribution in [-0.2, 0) is 16.4 Å². The Balaban J connectivity index is 2.56. The zero-order chi connectivity index (χ0) is 15.0. The van der Waals surface area contributed by atoms with Gasteiger partial charge < -0.3 is 14.8 Å². The summed E-state index contributed by atoms with van der Waals surface area (Å²) in [5, 5.41) is 3.24. The van der Waals surface area contributed by atoms with Crippen molar-refractivity contribution in [2.45, 2.75) is 19.9 Å². The van der Waals surface area contributed by atoms with E-state index in [1.165, 1.54) is 6.26 Å². The van der Waals surface area contributed by atoms with Gasteiger partial charge in [0.2, 0.25) is 0 Å². The average molecular weight is 301 g/mol. The highest BCUT2D eigenvalue weighted by atomic mass is 32.2. The van der Waals surface area contributed by atoms with E-state index in [2.05, 4.69) is 12.2 Å². The Morgan fingerprint density at radius 1 is 1.25 bits per heavy atom. The molecule has 0 atom stereocenters. The van der Waals surface area contributed by atoms with Gasteiger partial charge in [0, 0.05) is 12.8 Å². The predicted molar refractivity (Wildman–Crippen MR) is 80.2 cm³/mol. The van der Waals surface area contributed by atoms with Gasteiger partial charge in [-0.25, -0.2) is 8.42 Å². The molecule has 0 saturated heterocycles. The molecule has 0 radical (unpaired) electrons. The Morgan fingerprint density at radius 2 is 2.00 bits per heavy atom. The molecule has 5 nitrogen and oxygen atoms in total. The van der Waals surface area contributed by atoms with Gasteiger partial charge >= 0.3 is 0 Å². The summed E-state index contributed by atoms with van der Waals surface area (Å²) >= 11 is 0. The summed E-state index contributed by atoms with van der Waals surface area (Å²) < 4.78 is 32.9. The monoisotopic (exact) mass is 301 g/mol. The molecule has 114 valence electrons. The van der Waals surface area contributed by atoms with Gasteiger partial charge in [-0.1, -0.05) is 13.0 Å². The molecule has 0 saturated carbocycles. The first kappa shape index (κ1) is 16.8. The van der Waals surface area contributed by atoms with Crippen molar-refractivity contribution in [2.24, 2.45) is 0 Å². The quantitative estimate of drug-likeness (QED) is 0.702. The third kappa shape index (κ3) is 6.25. The van der Waals surface area contributed by atoms with E-state index in [4.69, 9.17) is 9.47 Å². The van der Waals surface area contributed by atoms with Crippen molar-refractivity contribution in [2.75, 3.05) is 32.3 Å².